The molecule has 0 bridgehead atoms. The second kappa shape index (κ2) is 7.20. The number of hydrogen-bond acceptors (Lipinski definition) is 4. The summed E-state index contributed by atoms with van der Waals surface area (Å²) < 4.78 is 41.1. The lowest BCUT2D eigenvalue weighted by Crippen LogP contribution is -2.41. The summed E-state index contributed by atoms with van der Waals surface area (Å²) in [6.07, 6.45) is 0. The Bertz CT molecular complexity index is 621. The van der Waals surface area contributed by atoms with E-state index in [1.165, 1.54) is 18.1 Å². The molecule has 0 aliphatic rings. The van der Waals surface area contributed by atoms with E-state index >= 15 is 0 Å². The van der Waals surface area contributed by atoms with Crippen molar-refractivity contribution in [2.45, 2.75) is 24.8 Å². The van der Waals surface area contributed by atoms with Crippen LogP contribution in [-0.4, -0.2) is 45.5 Å². The van der Waals surface area contributed by atoms with E-state index in [2.05, 4.69) is 0 Å². The third kappa shape index (κ3) is 4.39. The largest absolute Gasteiger partial charge is 0.383 e. The van der Waals surface area contributed by atoms with Gasteiger partial charge in [-0.15, -0.1) is 0 Å². The number of likely N-dealkylation sites (N-methyl/N-ethyl adjacent to an activating group) is 1. The molecule has 0 saturated heterocycles. The number of carbonyl (C=O) groups is 1. The summed E-state index contributed by atoms with van der Waals surface area (Å²) in [4.78, 5) is 13.2. The molecule has 0 radical (unpaired) electrons. The Kier molecular flexibility index (Phi) is 6.12. The van der Waals surface area contributed by atoms with Crippen molar-refractivity contribution in [3.05, 3.63) is 29.6 Å². The number of halogens is 2. The van der Waals surface area contributed by atoms with Crippen LogP contribution in [0.2, 0.25) is 0 Å². The van der Waals surface area contributed by atoms with Crippen LogP contribution in [0.1, 0.15) is 24.2 Å². The van der Waals surface area contributed by atoms with Gasteiger partial charge in [-0.2, -0.15) is 0 Å². The molecule has 0 saturated carbocycles. The molecule has 0 aromatic heterocycles. The molecule has 1 amide bonds. The fraction of sp³-hybridized carbons (Fsp3) is 0.462. The highest BCUT2D eigenvalue weighted by atomic mass is 35.7. The first-order chi connectivity index (χ1) is 9.72. The van der Waals surface area contributed by atoms with Crippen LogP contribution in [0.3, 0.4) is 0 Å². The first kappa shape index (κ1) is 17.9. The van der Waals surface area contributed by atoms with E-state index < -0.39 is 25.7 Å². The van der Waals surface area contributed by atoms with Gasteiger partial charge in [0.15, 0.2) is 0 Å². The van der Waals surface area contributed by atoms with E-state index in [1.54, 1.807) is 13.8 Å². The Morgan fingerprint density at radius 1 is 1.48 bits per heavy atom. The Labute approximate surface area is 128 Å². The average molecular weight is 338 g/mol. The van der Waals surface area contributed by atoms with Crippen LogP contribution in [0.5, 0.6) is 0 Å². The lowest BCUT2D eigenvalue weighted by atomic mass is 10.1. The minimum atomic E-state index is -4.25. The number of methoxy groups -OCH3 is 1. The molecular weight excluding hydrogens is 321 g/mol. The van der Waals surface area contributed by atoms with Gasteiger partial charge in [0.2, 0.25) is 0 Å². The average Bonchev–Trinajstić information content (AvgIpc) is 2.38. The summed E-state index contributed by atoms with van der Waals surface area (Å²) in [5.74, 6) is -1.40. The fourth-order valence-electron chi connectivity index (χ4n) is 1.98. The normalized spacial score (nSPS) is 13.0. The summed E-state index contributed by atoms with van der Waals surface area (Å²) >= 11 is 0. The lowest BCUT2D eigenvalue weighted by Gasteiger charge is -2.27. The second-order valence-corrected chi connectivity index (χ2v) is 7.01. The van der Waals surface area contributed by atoms with Crippen LogP contribution in [-0.2, 0) is 13.8 Å². The molecule has 0 heterocycles. The van der Waals surface area contributed by atoms with Gasteiger partial charge >= 0.3 is 0 Å². The molecule has 21 heavy (non-hydrogen) atoms. The van der Waals surface area contributed by atoms with Gasteiger partial charge in [0.05, 0.1) is 12.6 Å². The van der Waals surface area contributed by atoms with Gasteiger partial charge in [0.1, 0.15) is 10.7 Å². The molecule has 1 atom stereocenters. The molecule has 1 rings (SSSR count). The SMILES string of the molecule is CCN(C(=O)c1ccc(F)c(S(=O)(=O)Cl)c1)C(C)COC. The van der Waals surface area contributed by atoms with E-state index in [0.29, 0.717) is 13.2 Å². The van der Waals surface area contributed by atoms with E-state index in [-0.39, 0.29) is 11.6 Å². The van der Waals surface area contributed by atoms with Crippen molar-refractivity contribution in [2.75, 3.05) is 20.3 Å². The standard InChI is InChI=1S/C13H17ClFNO4S/c1-4-16(9(2)8-20-3)13(17)10-5-6-11(15)12(7-10)21(14,18)19/h5-7,9H,4,8H2,1-3H3. The van der Waals surface area contributed by atoms with Crippen molar-refractivity contribution in [1.29, 1.82) is 0 Å². The summed E-state index contributed by atoms with van der Waals surface area (Å²) in [5, 5.41) is 0. The van der Waals surface area contributed by atoms with Crippen molar-refractivity contribution in [2.24, 2.45) is 0 Å². The first-order valence-corrected chi connectivity index (χ1v) is 8.57. The van der Waals surface area contributed by atoms with Crippen LogP contribution in [0.15, 0.2) is 23.1 Å². The minimum Gasteiger partial charge on any atom is -0.383 e. The number of rotatable bonds is 6. The first-order valence-electron chi connectivity index (χ1n) is 6.26. The number of nitrogens with zero attached hydrogens (tertiary/aromatic N) is 1. The molecular formula is C13H17ClFNO4S. The number of carbonyl (C=O) groups excluding carboxylic acids is 1. The fourth-order valence-corrected chi connectivity index (χ4v) is 2.90. The summed E-state index contributed by atoms with van der Waals surface area (Å²) in [6.45, 7) is 4.32. The molecule has 0 N–H and O–H groups in total. The van der Waals surface area contributed by atoms with Gasteiger partial charge in [-0.3, -0.25) is 4.79 Å². The lowest BCUT2D eigenvalue weighted by molar-refractivity contribution is 0.0579. The van der Waals surface area contributed by atoms with Gasteiger partial charge < -0.3 is 9.64 Å². The Hall–Kier alpha value is -1.18. The van der Waals surface area contributed by atoms with Crippen molar-refractivity contribution < 1.29 is 22.3 Å². The maximum atomic E-state index is 13.5. The van der Waals surface area contributed by atoms with E-state index in [1.807, 2.05) is 0 Å². The molecule has 0 aliphatic heterocycles. The van der Waals surface area contributed by atoms with Gasteiger partial charge in [-0.25, -0.2) is 12.8 Å². The van der Waals surface area contributed by atoms with Crippen molar-refractivity contribution in [3.63, 3.8) is 0 Å². The molecule has 1 unspecified atom stereocenters. The second-order valence-electron chi connectivity index (χ2n) is 4.48. The Morgan fingerprint density at radius 3 is 2.57 bits per heavy atom. The molecule has 0 fully saturated rings. The molecule has 1 aromatic carbocycles. The van der Waals surface area contributed by atoms with Gasteiger partial charge in [0, 0.05) is 29.9 Å². The third-order valence-corrected chi connectivity index (χ3v) is 4.32. The van der Waals surface area contributed by atoms with E-state index in [9.17, 15) is 17.6 Å². The van der Waals surface area contributed by atoms with Crippen molar-refractivity contribution in [3.8, 4) is 0 Å². The number of hydrogen-bond donors (Lipinski definition) is 0. The molecule has 8 heteroatoms. The molecule has 1 aromatic rings. The molecule has 0 spiro atoms. The van der Waals surface area contributed by atoms with Crippen LogP contribution in [0.4, 0.5) is 4.39 Å². The van der Waals surface area contributed by atoms with Crippen LogP contribution < -0.4 is 0 Å². The summed E-state index contributed by atoms with van der Waals surface area (Å²) in [6, 6.07) is 2.89. The molecule has 0 aliphatic carbocycles. The van der Waals surface area contributed by atoms with Crippen molar-refractivity contribution in [1.82, 2.24) is 4.90 Å². The van der Waals surface area contributed by atoms with Crippen LogP contribution in [0, 0.1) is 5.82 Å². The van der Waals surface area contributed by atoms with Gasteiger partial charge in [-0.1, -0.05) is 0 Å². The highest BCUT2D eigenvalue weighted by molar-refractivity contribution is 8.13. The zero-order valence-corrected chi connectivity index (χ0v) is 13.5. The molecule has 118 valence electrons. The summed E-state index contributed by atoms with van der Waals surface area (Å²) in [5.41, 5.74) is 0.0560. The van der Waals surface area contributed by atoms with E-state index in [4.69, 9.17) is 15.4 Å². The smallest absolute Gasteiger partial charge is 0.264 e. The minimum absolute atomic E-state index is 0.0560. The highest BCUT2D eigenvalue weighted by Gasteiger charge is 2.23. The highest BCUT2D eigenvalue weighted by Crippen LogP contribution is 2.21. The third-order valence-electron chi connectivity index (χ3n) is 2.98. The number of amides is 1. The Morgan fingerprint density at radius 2 is 2.10 bits per heavy atom. The topological polar surface area (TPSA) is 63.7 Å². The zero-order valence-electron chi connectivity index (χ0n) is 12.0. The monoisotopic (exact) mass is 337 g/mol. The summed E-state index contributed by atoms with van der Waals surface area (Å²) in [7, 11) is 2.42. The maximum Gasteiger partial charge on any atom is 0.264 e. The van der Waals surface area contributed by atoms with Crippen LogP contribution >= 0.6 is 10.7 Å². The van der Waals surface area contributed by atoms with E-state index in [0.717, 1.165) is 12.1 Å². The van der Waals surface area contributed by atoms with Gasteiger partial charge in [0.25, 0.3) is 15.0 Å². The number of benzene rings is 1. The maximum absolute atomic E-state index is 13.5. The predicted molar refractivity (Wildman–Crippen MR) is 77.5 cm³/mol. The van der Waals surface area contributed by atoms with Gasteiger partial charge in [-0.05, 0) is 32.0 Å². The quantitative estimate of drug-likeness (QED) is 0.747. The van der Waals surface area contributed by atoms with Crippen molar-refractivity contribution >= 4 is 25.6 Å². The predicted octanol–water partition coefficient (Wildman–Crippen LogP) is 2.25. The van der Waals surface area contributed by atoms with Crippen LogP contribution in [0.25, 0.3) is 0 Å². The number of ether oxygens (including phenoxy) is 1. The molecule has 5 nitrogen and oxygen atoms in total. The Balaban J connectivity index is 3.18. The zero-order chi connectivity index (χ0) is 16.2.